The summed E-state index contributed by atoms with van der Waals surface area (Å²) in [6.45, 7) is 4.73. The summed E-state index contributed by atoms with van der Waals surface area (Å²) in [6.07, 6.45) is 10.6. The number of rotatable bonds is 7. The standard InChI is InChI=1S/C49H39N3/c1-3-46(52-48(37-21-10-5-11-22-37)51-35(2)36-19-8-4-9-20-36)40-24-18-23-38(33-40)39-30-31-45-43(34-39)42-27-15-16-28-44(42)49(45,41-25-12-6-13-26-41)47-29-14-7-17-32-50-47/h3-31,33-34H,32H2,1-2H3/b46-3-,51-35?,52-48?. The second kappa shape index (κ2) is 14.4. The van der Waals surface area contributed by atoms with Gasteiger partial charge in [-0.1, -0.05) is 170 Å². The van der Waals surface area contributed by atoms with E-state index in [9.17, 15) is 0 Å². The molecule has 8 rings (SSSR count). The molecular formula is C49H39N3. The summed E-state index contributed by atoms with van der Waals surface area (Å²) in [7, 11) is 0. The third-order valence-corrected chi connectivity index (χ3v) is 9.99. The first kappa shape index (κ1) is 32.7. The van der Waals surface area contributed by atoms with Crippen LogP contribution in [0.15, 0.2) is 203 Å². The Balaban J connectivity index is 1.23. The third kappa shape index (κ3) is 6.01. The van der Waals surface area contributed by atoms with Gasteiger partial charge in [0.05, 0.1) is 23.4 Å². The summed E-state index contributed by atoms with van der Waals surface area (Å²) < 4.78 is 0. The van der Waals surface area contributed by atoms with Crippen LogP contribution in [0.5, 0.6) is 0 Å². The van der Waals surface area contributed by atoms with Gasteiger partial charge in [-0.25, -0.2) is 9.98 Å². The van der Waals surface area contributed by atoms with Crippen LogP contribution >= 0.6 is 0 Å². The zero-order valence-corrected chi connectivity index (χ0v) is 29.4. The van der Waals surface area contributed by atoms with Crippen molar-refractivity contribution in [2.45, 2.75) is 19.3 Å². The van der Waals surface area contributed by atoms with E-state index < -0.39 is 5.41 Å². The highest BCUT2D eigenvalue weighted by atomic mass is 14.9. The molecule has 250 valence electrons. The quantitative estimate of drug-likeness (QED) is 0.120. The smallest absolute Gasteiger partial charge is 0.160 e. The Kier molecular flexibility index (Phi) is 9.08. The molecule has 3 heteroatoms. The van der Waals surface area contributed by atoms with Crippen molar-refractivity contribution in [2.24, 2.45) is 15.0 Å². The summed E-state index contributed by atoms with van der Waals surface area (Å²) in [6, 6.07) is 55.8. The lowest BCUT2D eigenvalue weighted by atomic mass is 9.68. The van der Waals surface area contributed by atoms with Gasteiger partial charge in [-0.2, -0.15) is 0 Å². The van der Waals surface area contributed by atoms with Gasteiger partial charge in [-0.15, -0.1) is 0 Å². The second-order valence-electron chi connectivity index (χ2n) is 13.1. The fourth-order valence-corrected chi connectivity index (χ4v) is 7.53. The van der Waals surface area contributed by atoms with Crippen LogP contribution < -0.4 is 0 Å². The fourth-order valence-electron chi connectivity index (χ4n) is 7.53. The molecular weight excluding hydrogens is 631 g/mol. The Hall–Kier alpha value is -6.45. The number of nitrogens with zero attached hydrogens (tertiary/aromatic N) is 3. The second-order valence-corrected chi connectivity index (χ2v) is 13.1. The monoisotopic (exact) mass is 669 g/mol. The molecule has 6 aromatic rings. The Bertz CT molecular complexity index is 2430. The van der Waals surface area contributed by atoms with E-state index in [0.717, 1.165) is 44.9 Å². The molecule has 52 heavy (non-hydrogen) atoms. The lowest BCUT2D eigenvalue weighted by Gasteiger charge is -2.33. The normalized spacial score (nSPS) is 17.0. The van der Waals surface area contributed by atoms with Crippen LogP contribution in [0.25, 0.3) is 28.0 Å². The van der Waals surface area contributed by atoms with Gasteiger partial charge < -0.3 is 0 Å². The molecule has 0 amide bonds. The molecule has 0 saturated carbocycles. The minimum Gasteiger partial charge on any atom is -0.284 e. The van der Waals surface area contributed by atoms with Crippen LogP contribution in [-0.4, -0.2) is 23.8 Å². The van der Waals surface area contributed by atoms with E-state index in [-0.39, 0.29) is 0 Å². The molecule has 1 atom stereocenters. The summed E-state index contributed by atoms with van der Waals surface area (Å²) in [5.74, 6) is 0.678. The molecule has 3 nitrogen and oxygen atoms in total. The molecule has 1 aliphatic heterocycles. The van der Waals surface area contributed by atoms with Crippen molar-refractivity contribution in [3.05, 3.63) is 221 Å². The highest BCUT2D eigenvalue weighted by Crippen LogP contribution is 2.54. The summed E-state index contributed by atoms with van der Waals surface area (Å²) >= 11 is 0. The SMILES string of the molecule is C/C=C(\N=C(N=C(C)c1ccccc1)c1ccccc1)c1cccc(-c2ccc3c(c2)-c2ccccc2C3(C2=NCC=CC=C2)c2ccccc2)c1. The molecule has 0 N–H and O–H groups in total. The van der Waals surface area contributed by atoms with Crippen molar-refractivity contribution < 1.29 is 0 Å². The van der Waals surface area contributed by atoms with Crippen LogP contribution in [0.1, 0.15) is 47.2 Å². The van der Waals surface area contributed by atoms with Gasteiger partial charge in [-0.05, 0) is 76.6 Å². The summed E-state index contributed by atoms with van der Waals surface area (Å²) in [5.41, 5.74) is 13.9. The minimum absolute atomic E-state index is 0.519. The highest BCUT2D eigenvalue weighted by molar-refractivity contribution is 6.14. The zero-order chi connectivity index (χ0) is 35.3. The van der Waals surface area contributed by atoms with E-state index in [4.69, 9.17) is 15.0 Å². The number of aliphatic imine (C=N–C) groups is 3. The van der Waals surface area contributed by atoms with Crippen LogP contribution in [0.4, 0.5) is 0 Å². The van der Waals surface area contributed by atoms with Gasteiger partial charge >= 0.3 is 0 Å². The van der Waals surface area contributed by atoms with Gasteiger partial charge in [0.15, 0.2) is 5.84 Å². The first-order chi connectivity index (χ1) is 25.7. The van der Waals surface area contributed by atoms with Gasteiger partial charge in [0, 0.05) is 16.8 Å². The molecule has 0 bridgehead atoms. The van der Waals surface area contributed by atoms with Crippen LogP contribution in [-0.2, 0) is 5.41 Å². The number of hydrogen-bond acceptors (Lipinski definition) is 2. The Morgan fingerprint density at radius 1 is 0.596 bits per heavy atom. The van der Waals surface area contributed by atoms with Gasteiger partial charge in [0.1, 0.15) is 0 Å². The van der Waals surface area contributed by atoms with Gasteiger partial charge in [0.25, 0.3) is 0 Å². The lowest BCUT2D eigenvalue weighted by Crippen LogP contribution is -2.36. The van der Waals surface area contributed by atoms with Crippen molar-refractivity contribution in [1.82, 2.24) is 0 Å². The number of hydrogen-bond donors (Lipinski definition) is 0. The summed E-state index contributed by atoms with van der Waals surface area (Å²) in [5, 5.41) is 0. The van der Waals surface area contributed by atoms with Gasteiger partial charge in [-0.3, -0.25) is 4.99 Å². The molecule has 1 aliphatic carbocycles. The molecule has 1 heterocycles. The van der Waals surface area contributed by atoms with Crippen LogP contribution in [0.3, 0.4) is 0 Å². The van der Waals surface area contributed by atoms with Crippen molar-refractivity contribution in [3.8, 4) is 22.3 Å². The van der Waals surface area contributed by atoms with Crippen molar-refractivity contribution in [1.29, 1.82) is 0 Å². The van der Waals surface area contributed by atoms with E-state index in [1.54, 1.807) is 0 Å². The highest BCUT2D eigenvalue weighted by Gasteiger charge is 2.47. The van der Waals surface area contributed by atoms with Crippen molar-refractivity contribution in [2.75, 3.05) is 6.54 Å². The molecule has 0 spiro atoms. The molecule has 1 unspecified atom stereocenters. The maximum Gasteiger partial charge on any atom is 0.160 e. The molecule has 6 aromatic carbocycles. The maximum atomic E-state index is 5.20. The van der Waals surface area contributed by atoms with E-state index in [1.807, 2.05) is 50.2 Å². The molecule has 0 radical (unpaired) electrons. The van der Waals surface area contributed by atoms with E-state index >= 15 is 0 Å². The average Bonchev–Trinajstić information content (AvgIpc) is 3.31. The molecule has 0 saturated heterocycles. The third-order valence-electron chi connectivity index (χ3n) is 9.99. The maximum absolute atomic E-state index is 5.20. The Labute approximate surface area is 306 Å². The minimum atomic E-state index is -0.519. The zero-order valence-electron chi connectivity index (χ0n) is 29.4. The van der Waals surface area contributed by atoms with E-state index in [1.165, 1.54) is 27.8 Å². The van der Waals surface area contributed by atoms with E-state index in [2.05, 4.69) is 152 Å². The number of benzene rings is 6. The number of amidine groups is 1. The van der Waals surface area contributed by atoms with Crippen molar-refractivity contribution >= 4 is 23.0 Å². The topological polar surface area (TPSA) is 37.1 Å². The first-order valence-electron chi connectivity index (χ1n) is 17.9. The Morgan fingerprint density at radius 3 is 2.02 bits per heavy atom. The first-order valence-corrected chi connectivity index (χ1v) is 17.9. The predicted octanol–water partition coefficient (Wildman–Crippen LogP) is 11.6. The molecule has 0 fully saturated rings. The number of allylic oxidation sites excluding steroid dienone is 4. The molecule has 0 aromatic heterocycles. The largest absolute Gasteiger partial charge is 0.284 e. The lowest BCUT2D eigenvalue weighted by molar-refractivity contribution is 0.853. The average molecular weight is 670 g/mol. The van der Waals surface area contributed by atoms with Crippen LogP contribution in [0.2, 0.25) is 0 Å². The molecule has 2 aliphatic rings. The fraction of sp³-hybridized carbons (Fsp3) is 0.0816. The number of fused-ring (bicyclic) bond motifs is 3. The Morgan fingerprint density at radius 2 is 1.25 bits per heavy atom. The predicted molar refractivity (Wildman–Crippen MR) is 220 cm³/mol. The van der Waals surface area contributed by atoms with Gasteiger partial charge in [0.2, 0.25) is 0 Å². The summed E-state index contributed by atoms with van der Waals surface area (Å²) in [4.78, 5) is 15.4. The van der Waals surface area contributed by atoms with E-state index in [0.29, 0.717) is 12.4 Å². The van der Waals surface area contributed by atoms with Crippen molar-refractivity contribution in [3.63, 3.8) is 0 Å². The van der Waals surface area contributed by atoms with Crippen LogP contribution in [0, 0.1) is 0 Å².